The van der Waals surface area contributed by atoms with Gasteiger partial charge in [0, 0.05) is 25.3 Å². The van der Waals surface area contributed by atoms with Gasteiger partial charge in [-0.15, -0.1) is 0 Å². The third-order valence-corrected chi connectivity index (χ3v) is 2.20. The number of hydrogen-bond acceptors (Lipinski definition) is 2. The molecule has 2 N–H and O–H groups in total. The lowest BCUT2D eigenvalue weighted by Crippen LogP contribution is -2.22. The molecule has 0 aliphatic rings. The van der Waals surface area contributed by atoms with Crippen LogP contribution in [-0.4, -0.2) is 19.6 Å². The minimum Gasteiger partial charge on any atom is -0.368 e. The van der Waals surface area contributed by atoms with Gasteiger partial charge in [0.25, 0.3) is 0 Å². The Morgan fingerprint density at radius 2 is 1.93 bits per heavy atom. The molecule has 0 amide bonds. The third kappa shape index (κ3) is 3.72. The lowest BCUT2D eigenvalue weighted by atomic mass is 10.2. The molecule has 0 heterocycles. The number of anilines is 1. The molecule has 82 valence electrons. The van der Waals surface area contributed by atoms with Crippen molar-refractivity contribution in [2.75, 3.05) is 24.5 Å². The molecule has 0 saturated heterocycles. The van der Waals surface area contributed by atoms with Crippen LogP contribution in [0.1, 0.15) is 6.92 Å². The van der Waals surface area contributed by atoms with Gasteiger partial charge in [0.15, 0.2) is 0 Å². The van der Waals surface area contributed by atoms with Crippen molar-refractivity contribution in [1.29, 1.82) is 0 Å². The fourth-order valence-electron chi connectivity index (χ4n) is 1.37. The summed E-state index contributed by atoms with van der Waals surface area (Å²) in [4.78, 5) is 2.14. The second-order valence-corrected chi connectivity index (χ2v) is 3.22. The van der Waals surface area contributed by atoms with Crippen molar-refractivity contribution in [1.82, 2.24) is 0 Å². The van der Waals surface area contributed by atoms with Crippen molar-refractivity contribution >= 4 is 5.69 Å². The number of benzene rings is 1. The molecule has 0 fully saturated rings. The van der Waals surface area contributed by atoms with E-state index >= 15 is 0 Å². The topological polar surface area (TPSA) is 29.3 Å². The van der Waals surface area contributed by atoms with Crippen molar-refractivity contribution in [3.8, 4) is 0 Å². The molecular formula is C12H17FN2. The molecule has 0 aliphatic carbocycles. The SMILES string of the molecule is CCN(CC=CCN)c1ccc(F)cc1. The molecule has 0 atom stereocenters. The first-order valence-electron chi connectivity index (χ1n) is 5.13. The van der Waals surface area contributed by atoms with Gasteiger partial charge in [-0.2, -0.15) is 0 Å². The Bertz CT molecular complexity index is 306. The standard InChI is InChI=1S/C12H17FN2/c1-2-15(10-4-3-9-14)12-7-5-11(13)6-8-12/h3-8H,2,9-10,14H2,1H3. The number of rotatable bonds is 5. The maximum Gasteiger partial charge on any atom is 0.123 e. The van der Waals surface area contributed by atoms with E-state index < -0.39 is 0 Å². The van der Waals surface area contributed by atoms with Gasteiger partial charge in [-0.25, -0.2) is 4.39 Å². The Morgan fingerprint density at radius 1 is 1.27 bits per heavy atom. The van der Waals surface area contributed by atoms with Gasteiger partial charge < -0.3 is 10.6 Å². The number of nitrogens with zero attached hydrogens (tertiary/aromatic N) is 1. The lowest BCUT2D eigenvalue weighted by Gasteiger charge is -2.21. The first-order valence-corrected chi connectivity index (χ1v) is 5.13. The maximum atomic E-state index is 12.7. The average Bonchev–Trinajstić information content (AvgIpc) is 2.26. The van der Waals surface area contributed by atoms with E-state index in [-0.39, 0.29) is 5.82 Å². The van der Waals surface area contributed by atoms with E-state index in [0.717, 1.165) is 18.8 Å². The minimum atomic E-state index is -0.202. The number of nitrogens with two attached hydrogens (primary N) is 1. The largest absolute Gasteiger partial charge is 0.368 e. The summed E-state index contributed by atoms with van der Waals surface area (Å²) < 4.78 is 12.7. The molecule has 15 heavy (non-hydrogen) atoms. The monoisotopic (exact) mass is 208 g/mol. The van der Waals surface area contributed by atoms with E-state index in [9.17, 15) is 4.39 Å². The Hall–Kier alpha value is -1.35. The quantitative estimate of drug-likeness (QED) is 0.751. The van der Waals surface area contributed by atoms with Gasteiger partial charge in [-0.05, 0) is 31.2 Å². The smallest absolute Gasteiger partial charge is 0.123 e. The summed E-state index contributed by atoms with van der Waals surface area (Å²) in [5.41, 5.74) is 6.39. The van der Waals surface area contributed by atoms with Gasteiger partial charge in [0.1, 0.15) is 5.82 Å². The molecule has 0 saturated carbocycles. The average molecular weight is 208 g/mol. The summed E-state index contributed by atoms with van der Waals surface area (Å²) in [5.74, 6) is -0.202. The molecule has 0 spiro atoms. The second-order valence-electron chi connectivity index (χ2n) is 3.22. The van der Waals surface area contributed by atoms with Crippen LogP contribution in [0, 0.1) is 5.82 Å². The van der Waals surface area contributed by atoms with E-state index in [2.05, 4.69) is 11.8 Å². The van der Waals surface area contributed by atoms with Crippen LogP contribution in [0.5, 0.6) is 0 Å². The highest BCUT2D eigenvalue weighted by molar-refractivity contribution is 5.46. The molecule has 1 aromatic carbocycles. The summed E-state index contributed by atoms with van der Waals surface area (Å²) in [5, 5.41) is 0. The fourth-order valence-corrected chi connectivity index (χ4v) is 1.37. The highest BCUT2D eigenvalue weighted by Gasteiger charge is 2.01. The Balaban J connectivity index is 2.65. The molecule has 0 aliphatic heterocycles. The predicted molar refractivity (Wildman–Crippen MR) is 62.5 cm³/mol. The number of halogens is 1. The van der Waals surface area contributed by atoms with Crippen molar-refractivity contribution < 1.29 is 4.39 Å². The summed E-state index contributed by atoms with van der Waals surface area (Å²) in [6.07, 6.45) is 3.94. The number of likely N-dealkylation sites (N-methyl/N-ethyl adjacent to an activating group) is 1. The molecule has 3 heteroatoms. The van der Waals surface area contributed by atoms with E-state index in [0.29, 0.717) is 6.54 Å². The molecule has 0 aromatic heterocycles. The van der Waals surface area contributed by atoms with Crippen LogP contribution in [0.2, 0.25) is 0 Å². The lowest BCUT2D eigenvalue weighted by molar-refractivity contribution is 0.627. The van der Waals surface area contributed by atoms with Gasteiger partial charge in [0.2, 0.25) is 0 Å². The highest BCUT2D eigenvalue weighted by Crippen LogP contribution is 2.14. The Kier molecular flexibility index (Phi) is 4.84. The van der Waals surface area contributed by atoms with Crippen LogP contribution >= 0.6 is 0 Å². The molecule has 2 nitrogen and oxygen atoms in total. The Labute approximate surface area is 90.2 Å². The molecule has 0 radical (unpaired) electrons. The second kappa shape index (κ2) is 6.19. The van der Waals surface area contributed by atoms with Crippen LogP contribution in [0.25, 0.3) is 0 Å². The van der Waals surface area contributed by atoms with Crippen molar-refractivity contribution in [2.45, 2.75) is 6.92 Å². The van der Waals surface area contributed by atoms with E-state index in [1.807, 2.05) is 12.2 Å². The summed E-state index contributed by atoms with van der Waals surface area (Å²) in [6.45, 7) is 4.32. The summed E-state index contributed by atoms with van der Waals surface area (Å²) in [6, 6.07) is 6.53. The molecule has 0 bridgehead atoms. The fraction of sp³-hybridized carbons (Fsp3) is 0.333. The van der Waals surface area contributed by atoms with E-state index in [1.165, 1.54) is 12.1 Å². The predicted octanol–water partition coefficient (Wildman–Crippen LogP) is 2.17. The van der Waals surface area contributed by atoms with E-state index in [1.54, 1.807) is 12.1 Å². The van der Waals surface area contributed by atoms with Gasteiger partial charge in [0.05, 0.1) is 0 Å². The van der Waals surface area contributed by atoms with Gasteiger partial charge >= 0.3 is 0 Å². The normalized spacial score (nSPS) is 10.9. The molecular weight excluding hydrogens is 191 g/mol. The summed E-state index contributed by atoms with van der Waals surface area (Å²) >= 11 is 0. The molecule has 1 aromatic rings. The van der Waals surface area contributed by atoms with Gasteiger partial charge in [-0.3, -0.25) is 0 Å². The van der Waals surface area contributed by atoms with Crippen LogP contribution in [0.15, 0.2) is 36.4 Å². The first kappa shape index (κ1) is 11.7. The van der Waals surface area contributed by atoms with Crippen molar-refractivity contribution in [3.05, 3.63) is 42.2 Å². The number of hydrogen-bond donors (Lipinski definition) is 1. The molecule has 1 rings (SSSR count). The van der Waals surface area contributed by atoms with Crippen LogP contribution < -0.4 is 10.6 Å². The zero-order valence-electron chi connectivity index (χ0n) is 8.99. The van der Waals surface area contributed by atoms with Crippen molar-refractivity contribution in [3.63, 3.8) is 0 Å². The first-order chi connectivity index (χ1) is 7.27. The minimum absolute atomic E-state index is 0.202. The van der Waals surface area contributed by atoms with Crippen molar-refractivity contribution in [2.24, 2.45) is 5.73 Å². The van der Waals surface area contributed by atoms with Crippen LogP contribution in [-0.2, 0) is 0 Å². The van der Waals surface area contributed by atoms with Crippen LogP contribution in [0.3, 0.4) is 0 Å². The van der Waals surface area contributed by atoms with E-state index in [4.69, 9.17) is 5.73 Å². The maximum absolute atomic E-state index is 12.7. The Morgan fingerprint density at radius 3 is 2.47 bits per heavy atom. The zero-order chi connectivity index (χ0) is 11.1. The third-order valence-electron chi connectivity index (χ3n) is 2.20. The highest BCUT2D eigenvalue weighted by atomic mass is 19.1. The summed E-state index contributed by atoms with van der Waals surface area (Å²) in [7, 11) is 0. The van der Waals surface area contributed by atoms with Crippen LogP contribution in [0.4, 0.5) is 10.1 Å². The molecule has 0 unspecified atom stereocenters. The zero-order valence-corrected chi connectivity index (χ0v) is 8.99. The van der Waals surface area contributed by atoms with Gasteiger partial charge in [-0.1, -0.05) is 12.2 Å².